The van der Waals surface area contributed by atoms with Crippen LogP contribution in [0.4, 0.5) is 0 Å². The first-order valence-corrected chi connectivity index (χ1v) is 12.2. The summed E-state index contributed by atoms with van der Waals surface area (Å²) in [7, 11) is 0. The number of benzene rings is 2. The lowest BCUT2D eigenvalue weighted by atomic mass is 9.79. The van der Waals surface area contributed by atoms with E-state index in [1.807, 2.05) is 30.3 Å². The lowest BCUT2D eigenvalue weighted by Crippen LogP contribution is -2.58. The lowest BCUT2D eigenvalue weighted by molar-refractivity contribution is 0.0289. The standard InChI is InChI=1S/C27H38N2O2/c30-25(21-31-26-14-12-24(13-15-26)23-10-4-1-5-11-23)20-28-22-27(16-6-2-7-17-27)29-18-8-3-9-19-29/h1,4-5,10-15,25,28,30H,2-3,6-9,16-22H2. The van der Waals surface area contributed by atoms with E-state index in [1.165, 1.54) is 75.6 Å². The van der Waals surface area contributed by atoms with Crippen LogP contribution in [0.3, 0.4) is 0 Å². The molecule has 1 aliphatic carbocycles. The molecule has 31 heavy (non-hydrogen) atoms. The minimum absolute atomic E-state index is 0.298. The van der Waals surface area contributed by atoms with Crippen molar-refractivity contribution >= 4 is 0 Å². The maximum absolute atomic E-state index is 10.5. The third kappa shape index (κ3) is 6.09. The van der Waals surface area contributed by atoms with E-state index < -0.39 is 6.10 Å². The minimum atomic E-state index is -0.504. The molecule has 2 aromatic rings. The molecule has 2 fully saturated rings. The van der Waals surface area contributed by atoms with Gasteiger partial charge in [-0.25, -0.2) is 0 Å². The molecule has 1 atom stereocenters. The van der Waals surface area contributed by atoms with Gasteiger partial charge in [0.25, 0.3) is 0 Å². The number of piperidine rings is 1. The summed E-state index contributed by atoms with van der Waals surface area (Å²) in [5, 5.41) is 14.1. The van der Waals surface area contributed by atoms with Crippen LogP contribution in [0.2, 0.25) is 0 Å². The molecule has 0 spiro atoms. The number of hydrogen-bond donors (Lipinski definition) is 2. The average molecular weight is 423 g/mol. The van der Waals surface area contributed by atoms with Gasteiger partial charge in [0.05, 0.1) is 0 Å². The van der Waals surface area contributed by atoms with Crippen LogP contribution in [0.1, 0.15) is 51.4 Å². The normalized spacial score (nSPS) is 20.3. The number of hydrogen-bond acceptors (Lipinski definition) is 4. The van der Waals surface area contributed by atoms with Crippen LogP contribution in [-0.2, 0) is 0 Å². The second-order valence-corrected chi connectivity index (χ2v) is 9.32. The molecule has 0 radical (unpaired) electrons. The number of nitrogens with one attached hydrogen (secondary N) is 1. The second-order valence-electron chi connectivity index (χ2n) is 9.32. The molecule has 2 aliphatic rings. The molecule has 0 bridgehead atoms. The van der Waals surface area contributed by atoms with Gasteiger partial charge in [0, 0.05) is 18.6 Å². The Morgan fingerprint density at radius 1 is 0.839 bits per heavy atom. The van der Waals surface area contributed by atoms with Crippen LogP contribution in [0, 0.1) is 0 Å². The average Bonchev–Trinajstić information content (AvgIpc) is 2.85. The van der Waals surface area contributed by atoms with E-state index in [0.717, 1.165) is 12.3 Å². The summed E-state index contributed by atoms with van der Waals surface area (Å²) in [6, 6.07) is 18.4. The van der Waals surface area contributed by atoms with E-state index in [4.69, 9.17) is 4.74 Å². The van der Waals surface area contributed by atoms with E-state index in [2.05, 4.69) is 34.5 Å². The summed E-state index contributed by atoms with van der Waals surface area (Å²) >= 11 is 0. The number of aliphatic hydroxyl groups excluding tert-OH is 1. The Morgan fingerprint density at radius 2 is 1.48 bits per heavy atom. The Labute approximate surface area is 187 Å². The van der Waals surface area contributed by atoms with Gasteiger partial charge in [0.1, 0.15) is 18.5 Å². The zero-order valence-electron chi connectivity index (χ0n) is 18.8. The SMILES string of the molecule is OC(CNCC1(N2CCCCC2)CCCCC1)COc1ccc(-c2ccccc2)cc1. The van der Waals surface area contributed by atoms with Gasteiger partial charge in [0.15, 0.2) is 0 Å². The maximum atomic E-state index is 10.5. The van der Waals surface area contributed by atoms with Crippen LogP contribution < -0.4 is 10.1 Å². The highest BCUT2D eigenvalue weighted by atomic mass is 16.5. The van der Waals surface area contributed by atoms with E-state index >= 15 is 0 Å². The molecule has 0 amide bonds. The maximum Gasteiger partial charge on any atom is 0.119 e. The highest BCUT2D eigenvalue weighted by Gasteiger charge is 2.37. The fraction of sp³-hybridized carbons (Fsp3) is 0.556. The molecule has 1 heterocycles. The summed E-state index contributed by atoms with van der Waals surface area (Å²) in [4.78, 5) is 2.75. The van der Waals surface area contributed by atoms with Crippen LogP contribution in [0.15, 0.2) is 54.6 Å². The predicted molar refractivity (Wildman–Crippen MR) is 127 cm³/mol. The fourth-order valence-corrected chi connectivity index (χ4v) is 5.28. The van der Waals surface area contributed by atoms with Crippen molar-refractivity contribution in [1.82, 2.24) is 10.2 Å². The Morgan fingerprint density at radius 3 is 2.19 bits per heavy atom. The van der Waals surface area contributed by atoms with E-state index in [1.54, 1.807) is 0 Å². The quantitative estimate of drug-likeness (QED) is 0.605. The molecule has 2 aromatic carbocycles. The molecule has 0 aromatic heterocycles. The topological polar surface area (TPSA) is 44.7 Å². The highest BCUT2D eigenvalue weighted by Crippen LogP contribution is 2.35. The second kappa shape index (κ2) is 11.1. The fourth-order valence-electron chi connectivity index (χ4n) is 5.28. The smallest absolute Gasteiger partial charge is 0.119 e. The van der Waals surface area contributed by atoms with E-state index in [-0.39, 0.29) is 0 Å². The number of aliphatic hydroxyl groups is 1. The van der Waals surface area contributed by atoms with Gasteiger partial charge in [-0.3, -0.25) is 4.90 Å². The van der Waals surface area contributed by atoms with E-state index in [9.17, 15) is 5.11 Å². The van der Waals surface area contributed by atoms with Crippen molar-refractivity contribution in [2.75, 3.05) is 32.8 Å². The Bertz CT molecular complexity index is 766. The monoisotopic (exact) mass is 422 g/mol. The summed E-state index contributed by atoms with van der Waals surface area (Å²) < 4.78 is 5.84. The van der Waals surface area contributed by atoms with Gasteiger partial charge in [-0.2, -0.15) is 0 Å². The largest absolute Gasteiger partial charge is 0.491 e. The van der Waals surface area contributed by atoms with Gasteiger partial charge >= 0.3 is 0 Å². The molecular formula is C27H38N2O2. The Hall–Kier alpha value is -1.88. The molecule has 2 N–H and O–H groups in total. The third-order valence-corrected chi connectivity index (χ3v) is 7.05. The van der Waals surface area contributed by atoms with E-state index in [0.29, 0.717) is 18.7 Å². The van der Waals surface area contributed by atoms with Crippen molar-refractivity contribution in [3.8, 4) is 16.9 Å². The molecule has 168 valence electrons. The van der Waals surface area contributed by atoms with Crippen molar-refractivity contribution in [2.45, 2.75) is 63.0 Å². The van der Waals surface area contributed by atoms with Gasteiger partial charge in [-0.15, -0.1) is 0 Å². The first-order chi connectivity index (χ1) is 15.3. The predicted octanol–water partition coefficient (Wildman–Crippen LogP) is 4.87. The third-order valence-electron chi connectivity index (χ3n) is 7.05. The molecule has 4 heteroatoms. The minimum Gasteiger partial charge on any atom is -0.491 e. The van der Waals surface area contributed by atoms with Gasteiger partial charge in [-0.1, -0.05) is 68.1 Å². The summed E-state index contributed by atoms with van der Waals surface area (Å²) in [6.45, 7) is 4.36. The molecule has 1 aliphatic heterocycles. The van der Waals surface area contributed by atoms with Crippen LogP contribution in [0.5, 0.6) is 5.75 Å². The molecule has 1 saturated heterocycles. The highest BCUT2D eigenvalue weighted by molar-refractivity contribution is 5.63. The van der Waals surface area contributed by atoms with Crippen molar-refractivity contribution in [2.24, 2.45) is 0 Å². The van der Waals surface area contributed by atoms with Gasteiger partial charge < -0.3 is 15.2 Å². The van der Waals surface area contributed by atoms with Crippen LogP contribution in [-0.4, -0.2) is 54.4 Å². The molecule has 4 nitrogen and oxygen atoms in total. The number of rotatable bonds is 9. The summed E-state index contributed by atoms with van der Waals surface area (Å²) in [5.41, 5.74) is 2.67. The Balaban J connectivity index is 1.23. The first kappa shape index (κ1) is 22.3. The molecular weight excluding hydrogens is 384 g/mol. The summed E-state index contributed by atoms with van der Waals surface area (Å²) in [5.74, 6) is 0.802. The van der Waals surface area contributed by atoms with Crippen molar-refractivity contribution < 1.29 is 9.84 Å². The Kier molecular flexibility index (Phi) is 8.01. The first-order valence-electron chi connectivity index (χ1n) is 12.2. The molecule has 1 unspecified atom stereocenters. The van der Waals surface area contributed by atoms with Gasteiger partial charge in [0.2, 0.25) is 0 Å². The van der Waals surface area contributed by atoms with Crippen molar-refractivity contribution in [1.29, 1.82) is 0 Å². The lowest BCUT2D eigenvalue weighted by Gasteiger charge is -2.48. The zero-order chi connectivity index (χ0) is 21.4. The van der Waals surface area contributed by atoms with Crippen LogP contribution >= 0.6 is 0 Å². The van der Waals surface area contributed by atoms with Gasteiger partial charge in [-0.05, 0) is 62.0 Å². The van der Waals surface area contributed by atoms with Crippen LogP contribution in [0.25, 0.3) is 11.1 Å². The molecule has 1 saturated carbocycles. The number of nitrogens with zero attached hydrogens (tertiary/aromatic N) is 1. The number of likely N-dealkylation sites (tertiary alicyclic amines) is 1. The zero-order valence-corrected chi connectivity index (χ0v) is 18.8. The summed E-state index contributed by atoms with van der Waals surface area (Å²) in [6.07, 6.45) is 10.2. The van der Waals surface area contributed by atoms with Crippen molar-refractivity contribution in [3.63, 3.8) is 0 Å². The van der Waals surface area contributed by atoms with Crippen molar-refractivity contribution in [3.05, 3.63) is 54.6 Å². The number of ether oxygens (including phenoxy) is 1. The molecule has 4 rings (SSSR count).